The molecule has 0 saturated carbocycles. The van der Waals surface area contributed by atoms with E-state index in [1.165, 1.54) is 0 Å². The van der Waals surface area contributed by atoms with Gasteiger partial charge in [-0.25, -0.2) is 4.98 Å². The first-order valence-electron chi connectivity index (χ1n) is 6.71. The third-order valence-corrected chi connectivity index (χ3v) is 3.16. The lowest BCUT2D eigenvalue weighted by atomic mass is 10.3. The summed E-state index contributed by atoms with van der Waals surface area (Å²) < 4.78 is 12.6. The Morgan fingerprint density at radius 2 is 1.95 bits per heavy atom. The lowest BCUT2D eigenvalue weighted by Crippen LogP contribution is -1.98. The highest BCUT2D eigenvalue weighted by Gasteiger charge is 2.04. The summed E-state index contributed by atoms with van der Waals surface area (Å²) in [5, 5.41) is 0. The molecule has 0 unspecified atom stereocenters. The fourth-order valence-corrected chi connectivity index (χ4v) is 2.09. The fraction of sp³-hybridized carbons (Fsp3) is 0.0588. The molecule has 0 bridgehead atoms. The monoisotopic (exact) mass is 294 g/mol. The standard InChI is InChI=1S/C17H14N2O3/c1-21-15-5-2-6-16(10-15)22-17-8-7-13(11-18-17)19-9-3-4-14(19)12-20/h2-12H,1H3. The molecule has 2 aromatic heterocycles. The summed E-state index contributed by atoms with van der Waals surface area (Å²) in [6.45, 7) is 0. The van der Waals surface area contributed by atoms with Crippen molar-refractivity contribution in [3.05, 3.63) is 66.6 Å². The maximum Gasteiger partial charge on any atom is 0.219 e. The van der Waals surface area contributed by atoms with E-state index in [2.05, 4.69) is 4.98 Å². The van der Waals surface area contributed by atoms with Gasteiger partial charge < -0.3 is 14.0 Å². The minimum absolute atomic E-state index is 0.469. The maximum atomic E-state index is 11.0. The lowest BCUT2D eigenvalue weighted by Gasteiger charge is -2.08. The average molecular weight is 294 g/mol. The molecule has 2 heterocycles. The van der Waals surface area contributed by atoms with Gasteiger partial charge in [-0.1, -0.05) is 6.07 Å². The van der Waals surface area contributed by atoms with E-state index in [1.54, 1.807) is 36.1 Å². The molecule has 110 valence electrons. The van der Waals surface area contributed by atoms with Crippen LogP contribution in [0.3, 0.4) is 0 Å². The third kappa shape index (κ3) is 2.83. The van der Waals surface area contributed by atoms with Crippen molar-refractivity contribution < 1.29 is 14.3 Å². The van der Waals surface area contributed by atoms with Gasteiger partial charge in [0.05, 0.1) is 24.7 Å². The van der Waals surface area contributed by atoms with Crippen molar-refractivity contribution in [2.75, 3.05) is 7.11 Å². The van der Waals surface area contributed by atoms with E-state index >= 15 is 0 Å². The molecule has 0 spiro atoms. The molecule has 3 rings (SSSR count). The molecule has 0 radical (unpaired) electrons. The molecular weight excluding hydrogens is 280 g/mol. The summed E-state index contributed by atoms with van der Waals surface area (Å²) in [4.78, 5) is 15.2. The number of nitrogens with zero attached hydrogens (tertiary/aromatic N) is 2. The molecule has 5 heteroatoms. The summed E-state index contributed by atoms with van der Waals surface area (Å²) in [5.74, 6) is 1.84. The van der Waals surface area contributed by atoms with Crippen LogP contribution in [0.2, 0.25) is 0 Å². The van der Waals surface area contributed by atoms with Gasteiger partial charge in [-0.05, 0) is 30.3 Å². The third-order valence-electron chi connectivity index (χ3n) is 3.16. The molecule has 22 heavy (non-hydrogen) atoms. The van der Waals surface area contributed by atoms with Crippen LogP contribution in [0.4, 0.5) is 0 Å². The van der Waals surface area contributed by atoms with Crippen molar-refractivity contribution in [1.29, 1.82) is 0 Å². The summed E-state index contributed by atoms with van der Waals surface area (Å²) in [7, 11) is 1.61. The van der Waals surface area contributed by atoms with Gasteiger partial charge in [0.1, 0.15) is 11.5 Å². The number of hydrogen-bond acceptors (Lipinski definition) is 4. The highest BCUT2D eigenvalue weighted by Crippen LogP contribution is 2.24. The first-order valence-corrected chi connectivity index (χ1v) is 6.71. The summed E-state index contributed by atoms with van der Waals surface area (Å²) >= 11 is 0. The molecular formula is C17H14N2O3. The van der Waals surface area contributed by atoms with Gasteiger partial charge in [-0.2, -0.15) is 0 Å². The number of methoxy groups -OCH3 is 1. The normalized spacial score (nSPS) is 10.2. The van der Waals surface area contributed by atoms with Crippen LogP contribution in [0.1, 0.15) is 10.5 Å². The Balaban J connectivity index is 1.81. The van der Waals surface area contributed by atoms with Crippen LogP contribution < -0.4 is 9.47 Å². The zero-order valence-corrected chi connectivity index (χ0v) is 12.0. The predicted octanol–water partition coefficient (Wildman–Crippen LogP) is 3.49. The summed E-state index contributed by atoms with van der Waals surface area (Å²) in [6.07, 6.45) is 4.27. The SMILES string of the molecule is COc1cccc(Oc2ccc(-n3cccc3C=O)cn2)c1. The van der Waals surface area contributed by atoms with Gasteiger partial charge in [-0.15, -0.1) is 0 Å². The second kappa shape index (κ2) is 6.13. The van der Waals surface area contributed by atoms with Gasteiger partial charge in [0, 0.05) is 18.3 Å². The van der Waals surface area contributed by atoms with Gasteiger partial charge in [0.25, 0.3) is 0 Å². The first-order chi connectivity index (χ1) is 10.8. The van der Waals surface area contributed by atoms with Crippen molar-refractivity contribution in [3.8, 4) is 23.1 Å². The molecule has 0 amide bonds. The van der Waals surface area contributed by atoms with Crippen LogP contribution in [-0.2, 0) is 0 Å². The minimum atomic E-state index is 0.469. The number of ether oxygens (including phenoxy) is 2. The summed E-state index contributed by atoms with van der Waals surface area (Å²) in [5.41, 5.74) is 1.37. The Kier molecular flexibility index (Phi) is 3.87. The molecule has 0 N–H and O–H groups in total. The van der Waals surface area contributed by atoms with E-state index in [0.717, 1.165) is 17.7 Å². The number of aldehydes is 1. The van der Waals surface area contributed by atoms with Crippen LogP contribution in [0.5, 0.6) is 17.4 Å². The van der Waals surface area contributed by atoms with Crippen molar-refractivity contribution in [2.24, 2.45) is 0 Å². The quantitative estimate of drug-likeness (QED) is 0.676. The van der Waals surface area contributed by atoms with Crippen molar-refractivity contribution in [2.45, 2.75) is 0 Å². The number of carbonyl (C=O) groups excluding carboxylic acids is 1. The van der Waals surface area contributed by atoms with E-state index < -0.39 is 0 Å². The number of benzene rings is 1. The Morgan fingerprint density at radius 3 is 2.68 bits per heavy atom. The molecule has 0 saturated heterocycles. The number of hydrogen-bond donors (Lipinski definition) is 0. The number of carbonyl (C=O) groups is 1. The van der Waals surface area contributed by atoms with Crippen LogP contribution in [0.15, 0.2) is 60.9 Å². The highest BCUT2D eigenvalue weighted by atomic mass is 16.5. The predicted molar refractivity (Wildman–Crippen MR) is 82.0 cm³/mol. The number of aromatic nitrogens is 2. The van der Waals surface area contributed by atoms with Crippen LogP contribution in [0, 0.1) is 0 Å². The zero-order chi connectivity index (χ0) is 15.4. The molecule has 3 aromatic rings. The van der Waals surface area contributed by atoms with Crippen LogP contribution >= 0.6 is 0 Å². The lowest BCUT2D eigenvalue weighted by molar-refractivity contribution is 0.111. The van der Waals surface area contributed by atoms with E-state index in [1.807, 2.05) is 36.5 Å². The maximum absolute atomic E-state index is 11.0. The molecule has 0 atom stereocenters. The van der Waals surface area contributed by atoms with E-state index in [-0.39, 0.29) is 0 Å². The Morgan fingerprint density at radius 1 is 1.09 bits per heavy atom. The minimum Gasteiger partial charge on any atom is -0.497 e. The Bertz CT molecular complexity index is 779. The highest BCUT2D eigenvalue weighted by molar-refractivity contribution is 5.73. The van der Waals surface area contributed by atoms with Gasteiger partial charge in [-0.3, -0.25) is 4.79 Å². The molecule has 0 fully saturated rings. The largest absolute Gasteiger partial charge is 0.497 e. The second-order valence-corrected chi connectivity index (χ2v) is 4.56. The zero-order valence-electron chi connectivity index (χ0n) is 12.0. The van der Waals surface area contributed by atoms with Crippen molar-refractivity contribution in [3.63, 3.8) is 0 Å². The van der Waals surface area contributed by atoms with Crippen molar-refractivity contribution in [1.82, 2.24) is 9.55 Å². The molecule has 1 aromatic carbocycles. The van der Waals surface area contributed by atoms with Gasteiger partial charge in [0.15, 0.2) is 6.29 Å². The van der Waals surface area contributed by atoms with Crippen LogP contribution in [0.25, 0.3) is 5.69 Å². The van der Waals surface area contributed by atoms with E-state index in [4.69, 9.17) is 9.47 Å². The van der Waals surface area contributed by atoms with Crippen molar-refractivity contribution >= 4 is 6.29 Å². The number of pyridine rings is 1. The second-order valence-electron chi connectivity index (χ2n) is 4.56. The Labute approximate surface area is 127 Å². The fourth-order valence-electron chi connectivity index (χ4n) is 2.09. The summed E-state index contributed by atoms with van der Waals surface area (Å²) in [6, 6.07) is 14.5. The van der Waals surface area contributed by atoms with Gasteiger partial charge in [0.2, 0.25) is 5.88 Å². The average Bonchev–Trinajstić information content (AvgIpc) is 3.04. The van der Waals surface area contributed by atoms with E-state index in [0.29, 0.717) is 17.3 Å². The first kappa shape index (κ1) is 13.9. The molecule has 5 nitrogen and oxygen atoms in total. The smallest absolute Gasteiger partial charge is 0.219 e. The van der Waals surface area contributed by atoms with E-state index in [9.17, 15) is 4.79 Å². The molecule has 0 aliphatic rings. The number of rotatable bonds is 5. The van der Waals surface area contributed by atoms with Gasteiger partial charge >= 0.3 is 0 Å². The topological polar surface area (TPSA) is 53.4 Å². The van der Waals surface area contributed by atoms with Crippen LogP contribution in [-0.4, -0.2) is 22.9 Å². The molecule has 0 aliphatic heterocycles. The molecule has 0 aliphatic carbocycles. The Hall–Kier alpha value is -3.08.